The van der Waals surface area contributed by atoms with Crippen molar-refractivity contribution in [2.24, 2.45) is 0 Å². The zero-order chi connectivity index (χ0) is 12.7. The van der Waals surface area contributed by atoms with Crippen molar-refractivity contribution in [2.75, 3.05) is 25.5 Å². The molecular weight excluding hydrogens is 238 g/mol. The van der Waals surface area contributed by atoms with Crippen molar-refractivity contribution >= 4 is 17.7 Å². The summed E-state index contributed by atoms with van der Waals surface area (Å²) in [5.74, 6) is 0.271. The molecule has 0 saturated carbocycles. The van der Waals surface area contributed by atoms with Crippen LogP contribution in [0.2, 0.25) is 0 Å². The number of carboxylic acids is 1. The second-order valence-electron chi connectivity index (χ2n) is 4.70. The molecule has 1 aliphatic heterocycles. The molecule has 1 rings (SSSR count). The van der Waals surface area contributed by atoms with E-state index in [4.69, 9.17) is 4.74 Å². The minimum absolute atomic E-state index is 0.634. The normalized spacial score (nSPS) is 19.6. The van der Waals surface area contributed by atoms with Crippen LogP contribution in [0.5, 0.6) is 0 Å². The maximum atomic E-state index is 11.2. The highest BCUT2D eigenvalue weighted by Crippen LogP contribution is 2.22. The second kappa shape index (κ2) is 7.24. The van der Waals surface area contributed by atoms with Crippen LogP contribution in [-0.2, 0) is 9.53 Å². The van der Waals surface area contributed by atoms with Crippen molar-refractivity contribution in [2.45, 2.75) is 43.9 Å². The fraction of sp³-hybridized carbons (Fsp3) is 0.917. The van der Waals surface area contributed by atoms with Crippen LogP contribution in [0, 0.1) is 0 Å². The van der Waals surface area contributed by atoms with E-state index in [2.05, 4.69) is 5.32 Å². The van der Waals surface area contributed by atoms with Crippen LogP contribution in [0.25, 0.3) is 0 Å². The predicted molar refractivity (Wildman–Crippen MR) is 70.6 cm³/mol. The van der Waals surface area contributed by atoms with Crippen molar-refractivity contribution in [3.05, 3.63) is 0 Å². The largest absolute Gasteiger partial charge is 0.480 e. The molecule has 0 bridgehead atoms. The van der Waals surface area contributed by atoms with E-state index < -0.39 is 11.5 Å². The van der Waals surface area contributed by atoms with Gasteiger partial charge in [0.15, 0.2) is 0 Å². The maximum Gasteiger partial charge on any atom is 0.323 e. The van der Waals surface area contributed by atoms with E-state index in [1.165, 1.54) is 0 Å². The number of aliphatic carboxylic acids is 1. The molecule has 0 aromatic heterocycles. The molecule has 1 heterocycles. The van der Waals surface area contributed by atoms with E-state index in [-0.39, 0.29) is 0 Å². The van der Waals surface area contributed by atoms with Crippen LogP contribution in [0.1, 0.15) is 33.1 Å². The summed E-state index contributed by atoms with van der Waals surface area (Å²) in [5, 5.41) is 13.0. The van der Waals surface area contributed by atoms with Gasteiger partial charge >= 0.3 is 5.97 Å². The quantitative estimate of drug-likeness (QED) is 0.619. The number of carboxylic acid groups (broad SMARTS) is 1. The van der Waals surface area contributed by atoms with Crippen LogP contribution in [0.15, 0.2) is 0 Å². The smallest absolute Gasteiger partial charge is 0.323 e. The lowest BCUT2D eigenvalue weighted by atomic mass is 9.96. The van der Waals surface area contributed by atoms with Crippen molar-refractivity contribution in [1.82, 2.24) is 5.32 Å². The first-order valence-electron chi connectivity index (χ1n) is 6.26. The van der Waals surface area contributed by atoms with Gasteiger partial charge < -0.3 is 15.2 Å². The first-order chi connectivity index (χ1) is 8.08. The highest BCUT2D eigenvalue weighted by molar-refractivity contribution is 8.00. The molecule has 1 unspecified atom stereocenters. The first-order valence-corrected chi connectivity index (χ1v) is 7.31. The Kier molecular flexibility index (Phi) is 6.30. The fourth-order valence-corrected chi connectivity index (χ4v) is 2.69. The molecule has 5 heteroatoms. The molecule has 1 aliphatic rings. The molecule has 0 amide bonds. The maximum absolute atomic E-state index is 11.2. The van der Waals surface area contributed by atoms with E-state index >= 15 is 0 Å². The molecule has 2 N–H and O–H groups in total. The molecule has 0 radical (unpaired) electrons. The van der Waals surface area contributed by atoms with Crippen molar-refractivity contribution in [3.8, 4) is 0 Å². The van der Waals surface area contributed by atoms with Gasteiger partial charge in [0.1, 0.15) is 5.54 Å². The van der Waals surface area contributed by atoms with Gasteiger partial charge in [0.2, 0.25) is 0 Å². The number of nitrogens with one attached hydrogen (secondary N) is 1. The molecule has 1 fully saturated rings. The zero-order valence-corrected chi connectivity index (χ0v) is 11.5. The zero-order valence-electron chi connectivity index (χ0n) is 10.7. The van der Waals surface area contributed by atoms with Crippen LogP contribution >= 0.6 is 11.8 Å². The van der Waals surface area contributed by atoms with Gasteiger partial charge in [0, 0.05) is 0 Å². The molecule has 0 aliphatic carbocycles. The van der Waals surface area contributed by atoms with Gasteiger partial charge in [-0.3, -0.25) is 4.79 Å². The Morgan fingerprint density at radius 2 is 2.29 bits per heavy atom. The van der Waals surface area contributed by atoms with Crippen LogP contribution in [-0.4, -0.2) is 47.4 Å². The van der Waals surface area contributed by atoms with Gasteiger partial charge in [-0.15, -0.1) is 0 Å². The lowest BCUT2D eigenvalue weighted by Crippen LogP contribution is -2.49. The summed E-state index contributed by atoms with van der Waals surface area (Å²) < 4.78 is 5.10. The third-order valence-electron chi connectivity index (χ3n) is 3.02. The minimum atomic E-state index is -0.771. The molecule has 0 spiro atoms. The Bertz CT molecular complexity index is 246. The molecule has 17 heavy (non-hydrogen) atoms. The summed E-state index contributed by atoms with van der Waals surface area (Å²) in [5.41, 5.74) is -0.771. The summed E-state index contributed by atoms with van der Waals surface area (Å²) >= 11 is 1.89. The van der Waals surface area contributed by atoms with E-state index in [0.29, 0.717) is 11.7 Å². The Labute approximate surface area is 107 Å². The number of thioether (sulfide) groups is 1. The Hall–Kier alpha value is -0.260. The first kappa shape index (κ1) is 14.8. The molecule has 0 aromatic carbocycles. The van der Waals surface area contributed by atoms with Crippen LogP contribution in [0.3, 0.4) is 0 Å². The Morgan fingerprint density at radius 1 is 1.59 bits per heavy atom. The van der Waals surface area contributed by atoms with Gasteiger partial charge in [0.05, 0.1) is 18.5 Å². The molecular formula is C12H23NO3S. The van der Waals surface area contributed by atoms with Crippen molar-refractivity contribution in [1.29, 1.82) is 0 Å². The molecule has 4 nitrogen and oxygen atoms in total. The third kappa shape index (κ3) is 4.85. The number of carbonyl (C=O) groups is 1. The summed E-state index contributed by atoms with van der Waals surface area (Å²) in [7, 11) is 0. The van der Waals surface area contributed by atoms with Gasteiger partial charge in [-0.1, -0.05) is 6.92 Å². The summed E-state index contributed by atoms with van der Waals surface area (Å²) in [6.45, 7) is 6.29. The van der Waals surface area contributed by atoms with E-state index in [9.17, 15) is 9.90 Å². The van der Waals surface area contributed by atoms with Gasteiger partial charge in [-0.25, -0.2) is 0 Å². The Morgan fingerprint density at radius 3 is 2.76 bits per heavy atom. The van der Waals surface area contributed by atoms with E-state index in [1.807, 2.05) is 18.7 Å². The highest BCUT2D eigenvalue weighted by atomic mass is 32.2. The van der Waals surface area contributed by atoms with Gasteiger partial charge in [0.25, 0.3) is 0 Å². The third-order valence-corrected chi connectivity index (χ3v) is 4.29. The lowest BCUT2D eigenvalue weighted by Gasteiger charge is -2.28. The molecule has 1 saturated heterocycles. The number of rotatable bonds is 9. The predicted octanol–water partition coefficient (Wildman–Crippen LogP) is 1.74. The van der Waals surface area contributed by atoms with Crippen molar-refractivity contribution in [3.63, 3.8) is 0 Å². The highest BCUT2D eigenvalue weighted by Gasteiger charge is 2.31. The number of hydrogen-bond donors (Lipinski definition) is 2. The number of hydrogen-bond acceptors (Lipinski definition) is 4. The molecule has 100 valence electrons. The topological polar surface area (TPSA) is 58.6 Å². The summed E-state index contributed by atoms with van der Waals surface area (Å²) in [6.07, 6.45) is 2.57. The number of ether oxygens (including phenoxy) is 1. The standard InChI is InChI=1S/C12H23NO3S/c1-3-6-13-12(2,11(14)15)5-4-7-17-10-8-16-9-10/h10,13H,3-9H2,1-2H3,(H,14,15). The summed E-state index contributed by atoms with van der Waals surface area (Å²) in [4.78, 5) is 11.2. The van der Waals surface area contributed by atoms with Gasteiger partial charge in [-0.2, -0.15) is 11.8 Å². The Balaban J connectivity index is 2.20. The lowest BCUT2D eigenvalue weighted by molar-refractivity contribution is -0.144. The van der Waals surface area contributed by atoms with E-state index in [1.54, 1.807) is 6.92 Å². The monoisotopic (exact) mass is 261 g/mol. The fourth-order valence-electron chi connectivity index (χ4n) is 1.66. The second-order valence-corrected chi connectivity index (χ2v) is 6.11. The van der Waals surface area contributed by atoms with E-state index in [0.717, 1.165) is 38.4 Å². The average molecular weight is 261 g/mol. The van der Waals surface area contributed by atoms with Crippen LogP contribution in [0.4, 0.5) is 0 Å². The SMILES string of the molecule is CCCNC(C)(CCCSC1COC1)C(=O)O. The summed E-state index contributed by atoms with van der Waals surface area (Å²) in [6, 6.07) is 0. The molecule has 0 aromatic rings. The molecule has 1 atom stereocenters. The van der Waals surface area contributed by atoms with Crippen molar-refractivity contribution < 1.29 is 14.6 Å². The van der Waals surface area contributed by atoms with Crippen LogP contribution < -0.4 is 5.32 Å². The minimum Gasteiger partial charge on any atom is -0.480 e. The van der Waals surface area contributed by atoms with Gasteiger partial charge in [-0.05, 0) is 38.5 Å². The average Bonchev–Trinajstić information content (AvgIpc) is 2.23.